The normalized spacial score (nSPS) is 11.9. The quantitative estimate of drug-likeness (QED) is 0.825. The van der Waals surface area contributed by atoms with E-state index in [9.17, 15) is 0 Å². The van der Waals surface area contributed by atoms with Crippen LogP contribution >= 0.6 is 0 Å². The molecule has 0 saturated heterocycles. The molecule has 0 aliphatic rings. The summed E-state index contributed by atoms with van der Waals surface area (Å²) in [5.41, 5.74) is 1.34. The lowest BCUT2D eigenvalue weighted by atomic mass is 9.81. The highest BCUT2D eigenvalue weighted by atomic mass is 15.1. The molecule has 0 amide bonds. The van der Waals surface area contributed by atoms with Crippen LogP contribution in [0.5, 0.6) is 0 Å². The molecule has 3 heteroatoms. The van der Waals surface area contributed by atoms with Crippen molar-refractivity contribution in [2.45, 2.75) is 34.6 Å². The number of nitrogens with one attached hydrogen (secondary N) is 1. The van der Waals surface area contributed by atoms with Crippen LogP contribution < -0.4 is 5.32 Å². The van der Waals surface area contributed by atoms with Gasteiger partial charge in [0.15, 0.2) is 0 Å². The molecule has 3 nitrogen and oxygen atoms in total. The summed E-state index contributed by atoms with van der Waals surface area (Å²) in [4.78, 5) is 8.44. The number of anilines is 1. The van der Waals surface area contributed by atoms with Crippen LogP contribution in [0.3, 0.4) is 0 Å². The van der Waals surface area contributed by atoms with Crippen LogP contribution in [0, 0.1) is 18.3 Å². The van der Waals surface area contributed by atoms with Crippen molar-refractivity contribution in [1.29, 1.82) is 0 Å². The molecule has 1 aromatic heterocycles. The first-order valence-electron chi connectivity index (χ1n) is 5.44. The van der Waals surface area contributed by atoms with E-state index in [4.69, 9.17) is 0 Å². The highest BCUT2D eigenvalue weighted by Crippen LogP contribution is 2.25. The van der Waals surface area contributed by atoms with Crippen LogP contribution in [0.4, 0.5) is 5.95 Å². The largest absolute Gasteiger partial charge is 0.354 e. The van der Waals surface area contributed by atoms with Gasteiger partial charge in [0, 0.05) is 18.9 Å². The molecule has 84 valence electrons. The summed E-state index contributed by atoms with van der Waals surface area (Å²) in [6.45, 7) is 11.8. The third-order valence-electron chi connectivity index (χ3n) is 3.05. The molecule has 0 bridgehead atoms. The molecule has 0 fully saturated rings. The topological polar surface area (TPSA) is 37.8 Å². The second kappa shape index (κ2) is 4.60. The molecule has 0 saturated carbocycles. The third kappa shape index (κ3) is 3.50. The van der Waals surface area contributed by atoms with E-state index >= 15 is 0 Å². The molecule has 1 N–H and O–H groups in total. The summed E-state index contributed by atoms with van der Waals surface area (Å²) in [5.74, 6) is 1.35. The van der Waals surface area contributed by atoms with Gasteiger partial charge < -0.3 is 5.32 Å². The smallest absolute Gasteiger partial charge is 0.222 e. The van der Waals surface area contributed by atoms with E-state index in [2.05, 4.69) is 43.0 Å². The van der Waals surface area contributed by atoms with Gasteiger partial charge in [-0.15, -0.1) is 0 Å². The Labute approximate surface area is 92.3 Å². The Morgan fingerprint density at radius 2 is 1.80 bits per heavy atom. The minimum absolute atomic E-state index is 0.258. The van der Waals surface area contributed by atoms with Gasteiger partial charge in [-0.25, -0.2) is 9.97 Å². The number of aromatic nitrogens is 2. The predicted molar refractivity (Wildman–Crippen MR) is 63.9 cm³/mol. The van der Waals surface area contributed by atoms with Gasteiger partial charge in [0.25, 0.3) is 0 Å². The second-order valence-electron chi connectivity index (χ2n) is 5.08. The summed E-state index contributed by atoms with van der Waals surface area (Å²) in [6, 6.07) is 0. The Morgan fingerprint density at radius 1 is 1.27 bits per heavy atom. The van der Waals surface area contributed by atoms with E-state index in [0.717, 1.165) is 12.1 Å². The van der Waals surface area contributed by atoms with Crippen LogP contribution in [0.2, 0.25) is 0 Å². The molecule has 1 aromatic rings. The van der Waals surface area contributed by atoms with E-state index in [1.807, 2.05) is 19.3 Å². The molecule has 0 aliphatic carbocycles. The van der Waals surface area contributed by atoms with Crippen molar-refractivity contribution in [2.24, 2.45) is 11.3 Å². The molecule has 0 aromatic carbocycles. The molecular formula is C12H21N3. The van der Waals surface area contributed by atoms with Crippen LogP contribution in [0.15, 0.2) is 12.4 Å². The van der Waals surface area contributed by atoms with Gasteiger partial charge in [0.2, 0.25) is 5.95 Å². The van der Waals surface area contributed by atoms with E-state index < -0.39 is 0 Å². The second-order valence-corrected chi connectivity index (χ2v) is 5.08. The molecule has 0 aliphatic heterocycles. The van der Waals surface area contributed by atoms with Crippen LogP contribution in [0.25, 0.3) is 0 Å². The van der Waals surface area contributed by atoms with Crippen LogP contribution in [0.1, 0.15) is 33.3 Å². The molecule has 15 heavy (non-hydrogen) atoms. The highest BCUT2D eigenvalue weighted by molar-refractivity contribution is 5.24. The molecule has 0 spiro atoms. The summed E-state index contributed by atoms with van der Waals surface area (Å²) in [6.07, 6.45) is 3.66. The minimum Gasteiger partial charge on any atom is -0.354 e. The van der Waals surface area contributed by atoms with Gasteiger partial charge in [0.05, 0.1) is 0 Å². The first kappa shape index (κ1) is 12.0. The zero-order valence-electron chi connectivity index (χ0n) is 10.3. The van der Waals surface area contributed by atoms with Crippen molar-refractivity contribution >= 4 is 5.95 Å². The van der Waals surface area contributed by atoms with Crippen LogP contribution in [-0.2, 0) is 0 Å². The first-order valence-corrected chi connectivity index (χ1v) is 5.44. The summed E-state index contributed by atoms with van der Waals surface area (Å²) < 4.78 is 0. The lowest BCUT2D eigenvalue weighted by Gasteiger charge is -2.29. The van der Waals surface area contributed by atoms with Crippen molar-refractivity contribution in [1.82, 2.24) is 9.97 Å². The lowest BCUT2D eigenvalue weighted by Crippen LogP contribution is -2.29. The molecular weight excluding hydrogens is 186 g/mol. The highest BCUT2D eigenvalue weighted by Gasteiger charge is 2.22. The van der Waals surface area contributed by atoms with Crippen molar-refractivity contribution in [3.05, 3.63) is 18.0 Å². The van der Waals surface area contributed by atoms with Crippen molar-refractivity contribution in [2.75, 3.05) is 11.9 Å². The van der Waals surface area contributed by atoms with Gasteiger partial charge in [-0.05, 0) is 23.8 Å². The van der Waals surface area contributed by atoms with Crippen LogP contribution in [-0.4, -0.2) is 16.5 Å². The first-order chi connectivity index (χ1) is 6.92. The average Bonchev–Trinajstić information content (AvgIpc) is 2.17. The summed E-state index contributed by atoms with van der Waals surface area (Å²) in [5, 5.41) is 3.27. The Kier molecular flexibility index (Phi) is 3.66. The summed E-state index contributed by atoms with van der Waals surface area (Å²) in [7, 11) is 0. The third-order valence-corrected chi connectivity index (χ3v) is 3.05. The Bertz CT molecular complexity index is 301. The van der Waals surface area contributed by atoms with E-state index in [1.54, 1.807) is 0 Å². The number of aryl methyl sites for hydroxylation is 1. The zero-order chi connectivity index (χ0) is 11.5. The number of nitrogens with zero attached hydrogens (tertiary/aromatic N) is 2. The van der Waals surface area contributed by atoms with Gasteiger partial charge in [-0.3, -0.25) is 0 Å². The van der Waals surface area contributed by atoms with Gasteiger partial charge in [-0.1, -0.05) is 27.7 Å². The standard InChI is InChI=1S/C12H21N3/c1-9(2)12(4,5)8-15-11-13-6-10(3)7-14-11/h6-7,9H,8H2,1-5H3,(H,13,14,15). The van der Waals surface area contributed by atoms with Gasteiger partial charge in [0.1, 0.15) is 0 Å². The molecule has 1 heterocycles. The maximum absolute atomic E-state index is 4.22. The molecule has 1 rings (SSSR count). The maximum Gasteiger partial charge on any atom is 0.222 e. The number of hydrogen-bond acceptors (Lipinski definition) is 3. The number of hydrogen-bond donors (Lipinski definition) is 1. The van der Waals surface area contributed by atoms with Gasteiger partial charge in [-0.2, -0.15) is 0 Å². The fourth-order valence-corrected chi connectivity index (χ4v) is 0.995. The Hall–Kier alpha value is -1.12. The Morgan fingerprint density at radius 3 is 2.27 bits per heavy atom. The van der Waals surface area contributed by atoms with E-state index in [-0.39, 0.29) is 5.41 Å². The Balaban J connectivity index is 2.54. The maximum atomic E-state index is 4.22. The average molecular weight is 207 g/mol. The molecule has 0 unspecified atom stereocenters. The van der Waals surface area contributed by atoms with E-state index in [1.165, 1.54) is 0 Å². The number of rotatable bonds is 4. The fourth-order valence-electron chi connectivity index (χ4n) is 0.995. The minimum atomic E-state index is 0.258. The van der Waals surface area contributed by atoms with Crippen molar-refractivity contribution in [3.63, 3.8) is 0 Å². The SMILES string of the molecule is Cc1cnc(NCC(C)(C)C(C)C)nc1. The van der Waals surface area contributed by atoms with Crippen molar-refractivity contribution in [3.8, 4) is 0 Å². The van der Waals surface area contributed by atoms with Crippen molar-refractivity contribution < 1.29 is 0 Å². The fraction of sp³-hybridized carbons (Fsp3) is 0.667. The van der Waals surface area contributed by atoms with E-state index in [0.29, 0.717) is 11.9 Å². The summed E-state index contributed by atoms with van der Waals surface area (Å²) >= 11 is 0. The zero-order valence-corrected chi connectivity index (χ0v) is 10.3. The van der Waals surface area contributed by atoms with Gasteiger partial charge >= 0.3 is 0 Å². The molecule has 0 atom stereocenters. The predicted octanol–water partition coefficient (Wildman–Crippen LogP) is 2.88. The monoisotopic (exact) mass is 207 g/mol. The lowest BCUT2D eigenvalue weighted by molar-refractivity contribution is 0.269. The molecule has 0 radical (unpaired) electrons.